The number of hydrogen-bond acceptors (Lipinski definition) is 8. The van der Waals surface area contributed by atoms with Gasteiger partial charge in [-0.3, -0.25) is 4.79 Å². The molecule has 0 unspecified atom stereocenters. The standard InChI is InChI=1S/C24H19F4N5O4S/c1-13-18(21(34)30-14-5-3-6-15(11-14)38(2,35)36)22(33-32-19(13)24(26,27)28)37-17-8-7-16(20(25)31-17)23(12-29)9-4-10-23/h3,5-8,11H,4,9-10H2,1-2H3,(H,30,34). The average molecular weight is 550 g/mol. The van der Waals surface area contributed by atoms with E-state index in [1.54, 1.807) is 0 Å². The van der Waals surface area contributed by atoms with Gasteiger partial charge in [-0.25, -0.2) is 8.42 Å². The van der Waals surface area contributed by atoms with Gasteiger partial charge in [0.05, 0.1) is 16.4 Å². The molecule has 0 atom stereocenters. The van der Waals surface area contributed by atoms with Crippen molar-refractivity contribution in [1.82, 2.24) is 15.2 Å². The maximum Gasteiger partial charge on any atom is 0.435 e. The number of anilines is 1. The number of nitriles is 1. The average Bonchev–Trinajstić information content (AvgIpc) is 2.79. The molecule has 1 fully saturated rings. The molecule has 0 radical (unpaired) electrons. The number of amides is 1. The Labute approximate surface area is 214 Å². The summed E-state index contributed by atoms with van der Waals surface area (Å²) in [4.78, 5) is 16.6. The number of alkyl halides is 3. The van der Waals surface area contributed by atoms with Gasteiger partial charge in [0.25, 0.3) is 11.8 Å². The van der Waals surface area contributed by atoms with E-state index in [0.717, 1.165) is 25.7 Å². The minimum absolute atomic E-state index is 0.0236. The van der Waals surface area contributed by atoms with Gasteiger partial charge in [0.15, 0.2) is 15.5 Å². The molecule has 1 aliphatic carbocycles. The van der Waals surface area contributed by atoms with Crippen molar-refractivity contribution in [1.29, 1.82) is 5.26 Å². The molecule has 1 N–H and O–H groups in total. The van der Waals surface area contributed by atoms with Crippen LogP contribution in [0.2, 0.25) is 0 Å². The molecular formula is C24H19F4N5O4S. The first-order chi connectivity index (χ1) is 17.7. The molecule has 0 bridgehead atoms. The molecule has 0 aliphatic heterocycles. The maximum absolute atomic E-state index is 14.8. The summed E-state index contributed by atoms with van der Waals surface area (Å²) in [5.74, 6) is -3.23. The van der Waals surface area contributed by atoms with Gasteiger partial charge in [-0.05, 0) is 56.0 Å². The molecule has 0 saturated heterocycles. The molecule has 4 rings (SSSR count). The highest BCUT2D eigenvalue weighted by Gasteiger charge is 2.42. The van der Waals surface area contributed by atoms with Crippen LogP contribution in [-0.4, -0.2) is 35.8 Å². The van der Waals surface area contributed by atoms with E-state index in [-0.39, 0.29) is 16.1 Å². The number of carbonyl (C=O) groups is 1. The van der Waals surface area contributed by atoms with Crippen LogP contribution in [0.5, 0.6) is 11.8 Å². The minimum Gasteiger partial charge on any atom is -0.418 e. The summed E-state index contributed by atoms with van der Waals surface area (Å²) in [6.07, 6.45) is -2.35. The topological polar surface area (TPSA) is 135 Å². The number of nitrogens with zero attached hydrogens (tertiary/aromatic N) is 4. The van der Waals surface area contributed by atoms with E-state index in [4.69, 9.17) is 4.74 Å². The fraction of sp³-hybridized carbons (Fsp3) is 0.292. The van der Waals surface area contributed by atoms with Gasteiger partial charge in [-0.1, -0.05) is 6.07 Å². The number of sulfone groups is 1. The van der Waals surface area contributed by atoms with Crippen molar-refractivity contribution in [3.8, 4) is 17.8 Å². The minimum atomic E-state index is -4.96. The molecule has 9 nitrogen and oxygen atoms in total. The Morgan fingerprint density at radius 2 is 1.89 bits per heavy atom. The van der Waals surface area contributed by atoms with Crippen LogP contribution >= 0.6 is 0 Å². The largest absolute Gasteiger partial charge is 0.435 e. The van der Waals surface area contributed by atoms with E-state index in [9.17, 15) is 36.0 Å². The third-order valence-corrected chi connectivity index (χ3v) is 7.27. The van der Waals surface area contributed by atoms with E-state index in [1.807, 2.05) is 0 Å². The Morgan fingerprint density at radius 1 is 1.18 bits per heavy atom. The second-order valence-electron chi connectivity index (χ2n) is 8.74. The normalized spacial score (nSPS) is 14.8. The molecule has 14 heteroatoms. The van der Waals surface area contributed by atoms with Crippen molar-refractivity contribution in [3.05, 3.63) is 64.7 Å². The van der Waals surface area contributed by atoms with Crippen molar-refractivity contribution >= 4 is 21.4 Å². The number of halogens is 4. The first-order valence-electron chi connectivity index (χ1n) is 11.1. The molecule has 198 valence electrons. The van der Waals surface area contributed by atoms with E-state index >= 15 is 0 Å². The highest BCUT2D eigenvalue weighted by molar-refractivity contribution is 7.90. The van der Waals surface area contributed by atoms with Crippen molar-refractivity contribution in [2.75, 3.05) is 11.6 Å². The van der Waals surface area contributed by atoms with Gasteiger partial charge in [-0.15, -0.1) is 10.2 Å². The Morgan fingerprint density at radius 3 is 2.45 bits per heavy atom. The summed E-state index contributed by atoms with van der Waals surface area (Å²) in [7, 11) is -3.64. The third kappa shape index (κ3) is 5.14. The highest BCUT2D eigenvalue weighted by Crippen LogP contribution is 2.44. The zero-order valence-corrected chi connectivity index (χ0v) is 20.7. The molecular weight excluding hydrogens is 530 g/mol. The van der Waals surface area contributed by atoms with Gasteiger partial charge in [0.2, 0.25) is 11.8 Å². The van der Waals surface area contributed by atoms with Crippen LogP contribution < -0.4 is 10.1 Å². The van der Waals surface area contributed by atoms with Crippen molar-refractivity contribution in [2.45, 2.75) is 42.7 Å². The van der Waals surface area contributed by atoms with Crippen LogP contribution in [0.3, 0.4) is 0 Å². The highest BCUT2D eigenvalue weighted by atomic mass is 32.2. The van der Waals surface area contributed by atoms with Crippen LogP contribution in [0.15, 0.2) is 41.3 Å². The first kappa shape index (κ1) is 26.9. The Hall–Kier alpha value is -4.12. The number of benzene rings is 1. The molecule has 1 amide bonds. The fourth-order valence-corrected chi connectivity index (χ4v) is 4.67. The van der Waals surface area contributed by atoms with Crippen LogP contribution in [-0.2, 0) is 21.4 Å². The van der Waals surface area contributed by atoms with Crippen LogP contribution in [0.1, 0.15) is 46.4 Å². The smallest absolute Gasteiger partial charge is 0.418 e. The summed E-state index contributed by atoms with van der Waals surface area (Å²) in [6, 6.07) is 9.68. The van der Waals surface area contributed by atoms with Crippen molar-refractivity contribution in [3.63, 3.8) is 0 Å². The van der Waals surface area contributed by atoms with Crippen LogP contribution in [0, 0.1) is 24.2 Å². The number of carbonyl (C=O) groups excluding carboxylic acids is 1. The number of nitrogens with one attached hydrogen (secondary N) is 1. The lowest BCUT2D eigenvalue weighted by Gasteiger charge is -2.35. The van der Waals surface area contributed by atoms with Gasteiger partial charge in [0.1, 0.15) is 5.56 Å². The zero-order chi connectivity index (χ0) is 27.9. The number of rotatable bonds is 6. The number of ether oxygens (including phenoxy) is 1. The van der Waals surface area contributed by atoms with Gasteiger partial charge < -0.3 is 10.1 Å². The molecule has 2 heterocycles. The van der Waals surface area contributed by atoms with E-state index < -0.39 is 61.9 Å². The number of aromatic nitrogens is 3. The van der Waals surface area contributed by atoms with Gasteiger partial charge in [-0.2, -0.15) is 27.8 Å². The predicted molar refractivity (Wildman–Crippen MR) is 125 cm³/mol. The Bertz CT molecular complexity index is 1580. The van der Waals surface area contributed by atoms with Crippen LogP contribution in [0.25, 0.3) is 0 Å². The fourth-order valence-electron chi connectivity index (χ4n) is 4.01. The van der Waals surface area contributed by atoms with E-state index in [0.29, 0.717) is 12.8 Å². The van der Waals surface area contributed by atoms with Crippen molar-refractivity contribution in [2.24, 2.45) is 0 Å². The zero-order valence-electron chi connectivity index (χ0n) is 19.9. The van der Waals surface area contributed by atoms with Gasteiger partial charge >= 0.3 is 6.18 Å². The molecule has 38 heavy (non-hydrogen) atoms. The molecule has 0 spiro atoms. The molecule has 1 aliphatic rings. The Kier molecular flexibility index (Phi) is 6.83. The van der Waals surface area contributed by atoms with Crippen molar-refractivity contribution < 1.29 is 35.5 Å². The van der Waals surface area contributed by atoms with Crippen LogP contribution in [0.4, 0.5) is 23.2 Å². The predicted octanol–water partition coefficient (Wildman–Crippen LogP) is 4.73. The molecule has 3 aromatic rings. The molecule has 2 aromatic heterocycles. The lowest BCUT2D eigenvalue weighted by Crippen LogP contribution is -2.33. The summed E-state index contributed by atoms with van der Waals surface area (Å²) in [5.41, 5.74) is -3.71. The quantitative estimate of drug-likeness (QED) is 0.344. The lowest BCUT2D eigenvalue weighted by atomic mass is 9.66. The summed E-state index contributed by atoms with van der Waals surface area (Å²) < 4.78 is 84.4. The van der Waals surface area contributed by atoms with E-state index in [2.05, 4.69) is 26.6 Å². The summed E-state index contributed by atoms with van der Waals surface area (Å²) >= 11 is 0. The maximum atomic E-state index is 14.8. The van der Waals surface area contributed by atoms with Gasteiger partial charge in [0, 0.05) is 23.6 Å². The Balaban J connectivity index is 1.73. The van der Waals surface area contributed by atoms with E-state index in [1.165, 1.54) is 30.3 Å². The SMILES string of the molecule is Cc1c(C(F)(F)F)nnc(Oc2ccc(C3(C#N)CCC3)c(F)n2)c1C(=O)Nc1cccc(S(C)(=O)=O)c1. The summed E-state index contributed by atoms with van der Waals surface area (Å²) in [6.45, 7) is 0.983. The first-order valence-corrected chi connectivity index (χ1v) is 13.0. The number of hydrogen-bond donors (Lipinski definition) is 1. The third-order valence-electron chi connectivity index (χ3n) is 6.16. The summed E-state index contributed by atoms with van der Waals surface area (Å²) in [5, 5.41) is 18.3. The molecule has 1 aromatic carbocycles. The lowest BCUT2D eigenvalue weighted by molar-refractivity contribution is -0.142. The number of pyridine rings is 1. The second-order valence-corrected chi connectivity index (χ2v) is 10.8. The molecule has 1 saturated carbocycles. The monoisotopic (exact) mass is 549 g/mol. The second kappa shape index (κ2) is 9.64.